The molecule has 0 aliphatic carbocycles. The summed E-state index contributed by atoms with van der Waals surface area (Å²) in [5, 5.41) is 1.33. The molecule has 0 aliphatic rings. The number of benzene rings is 1. The number of nitrogens with two attached hydrogens (primary N) is 1. The lowest BCUT2D eigenvalue weighted by Crippen LogP contribution is -2.17. The van der Waals surface area contributed by atoms with E-state index in [-0.39, 0.29) is 6.04 Å². The van der Waals surface area contributed by atoms with Crippen molar-refractivity contribution in [2.45, 2.75) is 32.9 Å². The highest BCUT2D eigenvalue weighted by atomic mass is 32.2. The average molecular weight is 262 g/mol. The number of rotatable bonds is 6. The SMILES string of the molecule is CCSCCn1ccc2cc(CC(C)N)ccc21. The van der Waals surface area contributed by atoms with Gasteiger partial charge >= 0.3 is 0 Å². The van der Waals surface area contributed by atoms with E-state index in [0.717, 1.165) is 13.0 Å². The summed E-state index contributed by atoms with van der Waals surface area (Å²) >= 11 is 1.99. The van der Waals surface area contributed by atoms with Crippen molar-refractivity contribution in [1.82, 2.24) is 4.57 Å². The van der Waals surface area contributed by atoms with Crippen LogP contribution in [0.2, 0.25) is 0 Å². The Kier molecular flexibility index (Phi) is 4.72. The zero-order valence-electron chi connectivity index (χ0n) is 11.2. The largest absolute Gasteiger partial charge is 0.347 e. The summed E-state index contributed by atoms with van der Waals surface area (Å²) in [5.74, 6) is 2.37. The van der Waals surface area contributed by atoms with Crippen molar-refractivity contribution in [3.8, 4) is 0 Å². The van der Waals surface area contributed by atoms with Gasteiger partial charge in [-0.2, -0.15) is 11.8 Å². The van der Waals surface area contributed by atoms with E-state index in [9.17, 15) is 0 Å². The van der Waals surface area contributed by atoms with E-state index in [1.807, 2.05) is 11.8 Å². The fourth-order valence-corrected chi connectivity index (χ4v) is 2.87. The number of hydrogen-bond acceptors (Lipinski definition) is 2. The van der Waals surface area contributed by atoms with Crippen molar-refractivity contribution in [2.24, 2.45) is 5.73 Å². The molecule has 0 saturated carbocycles. The van der Waals surface area contributed by atoms with Gasteiger partial charge in [0.05, 0.1) is 0 Å². The van der Waals surface area contributed by atoms with Crippen LogP contribution in [-0.4, -0.2) is 22.1 Å². The van der Waals surface area contributed by atoms with Crippen LogP contribution in [0, 0.1) is 0 Å². The van der Waals surface area contributed by atoms with Crippen LogP contribution in [0.1, 0.15) is 19.4 Å². The molecule has 98 valence electrons. The van der Waals surface area contributed by atoms with Gasteiger partial charge in [0.25, 0.3) is 0 Å². The summed E-state index contributed by atoms with van der Waals surface area (Å²) in [6, 6.07) is 9.13. The normalized spacial score (nSPS) is 13.1. The lowest BCUT2D eigenvalue weighted by Gasteiger charge is -2.07. The maximum Gasteiger partial charge on any atom is 0.0480 e. The number of aryl methyl sites for hydroxylation is 1. The van der Waals surface area contributed by atoms with Crippen molar-refractivity contribution in [1.29, 1.82) is 0 Å². The van der Waals surface area contributed by atoms with E-state index >= 15 is 0 Å². The second-order valence-corrected chi connectivity index (χ2v) is 6.17. The minimum atomic E-state index is 0.227. The van der Waals surface area contributed by atoms with Gasteiger partial charge in [-0.25, -0.2) is 0 Å². The van der Waals surface area contributed by atoms with E-state index < -0.39 is 0 Å². The summed E-state index contributed by atoms with van der Waals surface area (Å²) in [7, 11) is 0. The van der Waals surface area contributed by atoms with Crippen LogP contribution in [0.4, 0.5) is 0 Å². The third-order valence-electron chi connectivity index (χ3n) is 3.07. The van der Waals surface area contributed by atoms with Crippen LogP contribution in [0.5, 0.6) is 0 Å². The van der Waals surface area contributed by atoms with E-state index in [1.165, 1.54) is 28.0 Å². The van der Waals surface area contributed by atoms with Crippen molar-refractivity contribution in [3.05, 3.63) is 36.0 Å². The highest BCUT2D eigenvalue weighted by Gasteiger charge is 2.03. The predicted molar refractivity (Wildman–Crippen MR) is 82.3 cm³/mol. The smallest absolute Gasteiger partial charge is 0.0480 e. The second kappa shape index (κ2) is 6.30. The third-order valence-corrected chi connectivity index (χ3v) is 3.95. The molecule has 0 saturated heterocycles. The topological polar surface area (TPSA) is 30.9 Å². The average Bonchev–Trinajstić information content (AvgIpc) is 2.71. The summed E-state index contributed by atoms with van der Waals surface area (Å²) in [4.78, 5) is 0. The third kappa shape index (κ3) is 3.30. The van der Waals surface area contributed by atoms with Crippen LogP contribution in [-0.2, 0) is 13.0 Å². The standard InChI is InChI=1S/C15H22N2S/c1-3-18-9-8-17-7-6-14-11-13(10-12(2)16)4-5-15(14)17/h4-7,11-12H,3,8-10,16H2,1-2H3. The molecule has 2 rings (SSSR count). The quantitative estimate of drug-likeness (QED) is 0.810. The van der Waals surface area contributed by atoms with Crippen LogP contribution >= 0.6 is 11.8 Å². The fraction of sp³-hybridized carbons (Fsp3) is 0.467. The van der Waals surface area contributed by atoms with Crippen molar-refractivity contribution in [3.63, 3.8) is 0 Å². The molecule has 0 fully saturated rings. The van der Waals surface area contributed by atoms with Crippen LogP contribution in [0.15, 0.2) is 30.5 Å². The Bertz CT molecular complexity index is 502. The van der Waals surface area contributed by atoms with E-state index in [1.54, 1.807) is 0 Å². The Labute approximate surface area is 114 Å². The number of hydrogen-bond donors (Lipinski definition) is 1. The summed E-state index contributed by atoms with van der Waals surface area (Å²) < 4.78 is 2.34. The first-order valence-corrected chi connectivity index (χ1v) is 7.77. The Morgan fingerprint density at radius 3 is 2.89 bits per heavy atom. The summed E-state index contributed by atoms with van der Waals surface area (Å²) in [6.07, 6.45) is 3.14. The van der Waals surface area contributed by atoms with E-state index in [2.05, 4.69) is 48.9 Å². The van der Waals surface area contributed by atoms with Gasteiger partial charge in [-0.15, -0.1) is 0 Å². The molecule has 1 atom stereocenters. The van der Waals surface area contributed by atoms with Crippen LogP contribution in [0.3, 0.4) is 0 Å². The molecule has 1 aromatic heterocycles. The van der Waals surface area contributed by atoms with Crippen LogP contribution in [0.25, 0.3) is 10.9 Å². The number of aromatic nitrogens is 1. The monoisotopic (exact) mass is 262 g/mol. The molecule has 2 nitrogen and oxygen atoms in total. The van der Waals surface area contributed by atoms with Crippen molar-refractivity contribution in [2.75, 3.05) is 11.5 Å². The molecule has 1 heterocycles. The highest BCUT2D eigenvalue weighted by molar-refractivity contribution is 7.99. The Hall–Kier alpha value is -0.930. The lowest BCUT2D eigenvalue weighted by molar-refractivity contribution is 0.738. The molecule has 0 radical (unpaired) electrons. The lowest BCUT2D eigenvalue weighted by atomic mass is 10.1. The predicted octanol–water partition coefficient (Wildman–Crippen LogP) is 3.28. The minimum absolute atomic E-state index is 0.227. The van der Waals surface area contributed by atoms with Gasteiger partial charge in [-0.05, 0) is 48.2 Å². The molecule has 3 heteroatoms. The number of thioether (sulfide) groups is 1. The summed E-state index contributed by atoms with van der Waals surface area (Å²) in [6.45, 7) is 5.35. The first-order chi connectivity index (χ1) is 8.70. The first kappa shape index (κ1) is 13.5. The molecule has 1 unspecified atom stereocenters. The second-order valence-electron chi connectivity index (χ2n) is 4.78. The molecule has 0 spiro atoms. The van der Waals surface area contributed by atoms with Crippen LogP contribution < -0.4 is 5.73 Å². The highest BCUT2D eigenvalue weighted by Crippen LogP contribution is 2.19. The number of nitrogens with zero attached hydrogens (tertiary/aromatic N) is 1. The Morgan fingerprint density at radius 1 is 1.33 bits per heavy atom. The molecule has 0 bridgehead atoms. The zero-order chi connectivity index (χ0) is 13.0. The van der Waals surface area contributed by atoms with Gasteiger partial charge in [0.1, 0.15) is 0 Å². The van der Waals surface area contributed by atoms with Gasteiger partial charge in [-0.1, -0.05) is 13.0 Å². The van der Waals surface area contributed by atoms with Gasteiger partial charge in [-0.3, -0.25) is 0 Å². The number of fused-ring (bicyclic) bond motifs is 1. The van der Waals surface area contributed by atoms with Gasteiger partial charge in [0, 0.05) is 30.1 Å². The summed E-state index contributed by atoms with van der Waals surface area (Å²) in [5.41, 5.74) is 8.51. The van der Waals surface area contributed by atoms with Crippen molar-refractivity contribution >= 4 is 22.7 Å². The molecular weight excluding hydrogens is 240 g/mol. The Morgan fingerprint density at radius 2 is 2.17 bits per heavy atom. The van der Waals surface area contributed by atoms with Gasteiger partial charge in [0.15, 0.2) is 0 Å². The maximum absolute atomic E-state index is 5.85. The molecule has 0 amide bonds. The van der Waals surface area contributed by atoms with Gasteiger partial charge in [0.2, 0.25) is 0 Å². The molecular formula is C15H22N2S. The zero-order valence-corrected chi connectivity index (χ0v) is 12.0. The van der Waals surface area contributed by atoms with E-state index in [4.69, 9.17) is 5.73 Å². The van der Waals surface area contributed by atoms with E-state index in [0.29, 0.717) is 0 Å². The molecule has 0 aliphatic heterocycles. The Balaban J connectivity index is 2.15. The first-order valence-electron chi connectivity index (χ1n) is 6.62. The fourth-order valence-electron chi connectivity index (χ4n) is 2.25. The maximum atomic E-state index is 5.85. The molecule has 2 N–H and O–H groups in total. The molecule has 2 aromatic rings. The minimum Gasteiger partial charge on any atom is -0.347 e. The molecule has 18 heavy (non-hydrogen) atoms. The van der Waals surface area contributed by atoms with Gasteiger partial charge < -0.3 is 10.3 Å². The van der Waals surface area contributed by atoms with Crippen molar-refractivity contribution < 1.29 is 0 Å². The molecule has 1 aromatic carbocycles.